The number of rotatable bonds is 10. The summed E-state index contributed by atoms with van der Waals surface area (Å²) in [6, 6.07) is 17.0. The Morgan fingerprint density at radius 3 is 1.56 bits per heavy atom. The Morgan fingerprint density at radius 1 is 0.615 bits per heavy atom. The topological polar surface area (TPSA) is 88.1 Å². The van der Waals surface area contributed by atoms with Crippen LogP contribution in [0.2, 0.25) is 0 Å². The van der Waals surface area contributed by atoms with Crippen LogP contribution in [0, 0.1) is 6.92 Å². The quantitative estimate of drug-likeness (QED) is 0.148. The molecule has 0 aromatic heterocycles. The van der Waals surface area contributed by atoms with Gasteiger partial charge in [-0.1, -0.05) is 37.6 Å². The summed E-state index contributed by atoms with van der Waals surface area (Å²) in [5, 5.41) is 0. The predicted octanol–water partition coefficient (Wildman–Crippen LogP) is 7.38. The van der Waals surface area contributed by atoms with E-state index in [1.165, 1.54) is 11.8 Å². The van der Waals surface area contributed by atoms with E-state index in [0.717, 1.165) is 10.5 Å². The minimum Gasteiger partial charge on any atom is -0.456 e. The zero-order valence-electron chi connectivity index (χ0n) is 22.2. The fraction of sp³-hybridized carbons (Fsp3) is 0.129. The highest BCUT2D eigenvalue weighted by Gasteiger charge is 2.15. The highest BCUT2D eigenvalue weighted by Crippen LogP contribution is 2.41. The number of hydrogen-bond donors (Lipinski definition) is 0. The molecule has 0 bridgehead atoms. The van der Waals surface area contributed by atoms with E-state index >= 15 is 0 Å². The van der Waals surface area contributed by atoms with Gasteiger partial charge in [0.1, 0.15) is 28.7 Å². The van der Waals surface area contributed by atoms with Crippen molar-refractivity contribution in [2.75, 3.05) is 0 Å². The van der Waals surface area contributed by atoms with E-state index in [0.29, 0.717) is 33.5 Å². The minimum absolute atomic E-state index is 0.256. The van der Waals surface area contributed by atoms with Crippen LogP contribution in [0.25, 0.3) is 0 Å². The van der Waals surface area contributed by atoms with Crippen LogP contribution in [0.3, 0.4) is 0 Å². The maximum Gasteiger partial charge on any atom is 0.338 e. The Hall–Kier alpha value is -4.56. The second-order valence-electron chi connectivity index (χ2n) is 8.72. The van der Waals surface area contributed by atoms with Gasteiger partial charge in [0.25, 0.3) is 0 Å². The van der Waals surface area contributed by atoms with Crippen LogP contribution >= 0.6 is 11.8 Å². The fourth-order valence-electron chi connectivity index (χ4n) is 2.87. The number of carbonyl (C=O) groups excluding carboxylic acids is 3. The molecule has 3 aromatic rings. The summed E-state index contributed by atoms with van der Waals surface area (Å²) in [4.78, 5) is 37.4. The van der Waals surface area contributed by atoms with Crippen LogP contribution in [-0.2, 0) is 14.4 Å². The van der Waals surface area contributed by atoms with Gasteiger partial charge in [-0.3, -0.25) is 0 Å². The maximum atomic E-state index is 12.1. The standard InChI is InChI=1S/C31H28O7S/c1-18(2)29(32)35-22-10-13-25(14-11-22)39-28-15-12-24(37-31(34)20(5)6)17-27(28)38-26-16-23(9-8-21(26)7)36-30(33)19(3)4/h8-17H,1,3,5H2,2,4,6-7H3. The van der Waals surface area contributed by atoms with Gasteiger partial charge in [-0.05, 0) is 75.7 Å². The van der Waals surface area contributed by atoms with Gasteiger partial charge in [-0.15, -0.1) is 0 Å². The van der Waals surface area contributed by atoms with Crippen LogP contribution in [0.1, 0.15) is 26.3 Å². The van der Waals surface area contributed by atoms with E-state index in [1.54, 1.807) is 81.4 Å². The Bertz CT molecular complexity index is 1470. The lowest BCUT2D eigenvalue weighted by Gasteiger charge is -2.15. The van der Waals surface area contributed by atoms with Crippen LogP contribution in [0.4, 0.5) is 0 Å². The van der Waals surface area contributed by atoms with Crippen molar-refractivity contribution < 1.29 is 33.3 Å². The Balaban J connectivity index is 1.93. The van der Waals surface area contributed by atoms with Gasteiger partial charge in [0.05, 0.1) is 4.90 Å². The van der Waals surface area contributed by atoms with Crippen molar-refractivity contribution in [1.82, 2.24) is 0 Å². The zero-order valence-corrected chi connectivity index (χ0v) is 23.0. The summed E-state index contributed by atoms with van der Waals surface area (Å²) in [7, 11) is 0. The first-order valence-electron chi connectivity index (χ1n) is 11.8. The summed E-state index contributed by atoms with van der Waals surface area (Å²) in [5.74, 6) is 0.179. The van der Waals surface area contributed by atoms with Gasteiger partial charge in [0, 0.05) is 33.7 Å². The van der Waals surface area contributed by atoms with Crippen molar-refractivity contribution in [3.63, 3.8) is 0 Å². The number of esters is 3. The normalized spacial score (nSPS) is 10.3. The highest BCUT2D eigenvalue weighted by molar-refractivity contribution is 7.99. The molecule has 0 fully saturated rings. The molecule has 0 N–H and O–H groups in total. The van der Waals surface area contributed by atoms with Gasteiger partial charge >= 0.3 is 17.9 Å². The molecule has 0 amide bonds. The molecule has 7 nitrogen and oxygen atoms in total. The van der Waals surface area contributed by atoms with Crippen molar-refractivity contribution in [2.45, 2.75) is 37.5 Å². The third-order valence-electron chi connectivity index (χ3n) is 5.02. The molecule has 3 rings (SSSR count). The van der Waals surface area contributed by atoms with Gasteiger partial charge in [-0.25, -0.2) is 14.4 Å². The average Bonchev–Trinajstić information content (AvgIpc) is 2.88. The molecule has 0 radical (unpaired) electrons. The van der Waals surface area contributed by atoms with Crippen LogP contribution in [-0.4, -0.2) is 17.9 Å². The molecule has 0 atom stereocenters. The van der Waals surface area contributed by atoms with Gasteiger partial charge < -0.3 is 18.9 Å². The molecule has 0 unspecified atom stereocenters. The monoisotopic (exact) mass is 544 g/mol. The Morgan fingerprint density at radius 2 is 1.05 bits per heavy atom. The molecule has 0 saturated heterocycles. The second kappa shape index (κ2) is 12.8. The lowest BCUT2D eigenvalue weighted by atomic mass is 10.2. The molecular formula is C31H28O7S. The number of carbonyl (C=O) groups is 3. The summed E-state index contributed by atoms with van der Waals surface area (Å²) < 4.78 is 22.3. The van der Waals surface area contributed by atoms with E-state index in [9.17, 15) is 14.4 Å². The van der Waals surface area contributed by atoms with Gasteiger partial charge in [0.2, 0.25) is 0 Å². The van der Waals surface area contributed by atoms with Crippen LogP contribution < -0.4 is 18.9 Å². The second-order valence-corrected chi connectivity index (χ2v) is 9.84. The molecule has 8 heteroatoms. The molecule has 3 aromatic carbocycles. The van der Waals surface area contributed by atoms with E-state index in [1.807, 2.05) is 6.92 Å². The summed E-state index contributed by atoms with van der Waals surface area (Å²) in [6.45, 7) is 17.3. The van der Waals surface area contributed by atoms with E-state index in [2.05, 4.69) is 19.7 Å². The predicted molar refractivity (Wildman–Crippen MR) is 150 cm³/mol. The lowest BCUT2D eigenvalue weighted by Crippen LogP contribution is -2.08. The highest BCUT2D eigenvalue weighted by atomic mass is 32.2. The Labute approximate surface area is 231 Å². The number of hydrogen-bond acceptors (Lipinski definition) is 8. The molecule has 0 aliphatic carbocycles. The third kappa shape index (κ3) is 8.21. The largest absolute Gasteiger partial charge is 0.456 e. The first-order chi connectivity index (χ1) is 18.4. The first-order valence-corrected chi connectivity index (χ1v) is 12.6. The lowest BCUT2D eigenvalue weighted by molar-refractivity contribution is -0.130. The number of aryl methyl sites for hydroxylation is 1. The van der Waals surface area contributed by atoms with Crippen molar-refractivity contribution >= 4 is 29.7 Å². The van der Waals surface area contributed by atoms with E-state index in [-0.39, 0.29) is 16.9 Å². The first kappa shape index (κ1) is 29.0. The number of ether oxygens (including phenoxy) is 4. The molecule has 0 saturated carbocycles. The molecule has 0 aliphatic rings. The Kier molecular flexibility index (Phi) is 9.52. The smallest absolute Gasteiger partial charge is 0.338 e. The van der Waals surface area contributed by atoms with Crippen LogP contribution in [0.5, 0.6) is 28.7 Å². The zero-order chi connectivity index (χ0) is 28.7. The fourth-order valence-corrected chi connectivity index (χ4v) is 3.74. The molecule has 0 spiro atoms. The minimum atomic E-state index is -0.564. The SMILES string of the molecule is C=C(C)C(=O)Oc1ccc(Sc2ccc(OC(=O)C(=C)C)cc2Oc2cc(OC(=O)C(=C)C)ccc2C)cc1. The number of benzene rings is 3. The van der Waals surface area contributed by atoms with Crippen molar-refractivity contribution in [3.05, 3.63) is 103 Å². The summed E-state index contributed by atoms with van der Waals surface area (Å²) in [6.07, 6.45) is 0. The summed E-state index contributed by atoms with van der Waals surface area (Å²) >= 11 is 1.39. The van der Waals surface area contributed by atoms with E-state index in [4.69, 9.17) is 18.9 Å². The van der Waals surface area contributed by atoms with Gasteiger partial charge in [-0.2, -0.15) is 0 Å². The average molecular weight is 545 g/mol. The molecule has 0 aliphatic heterocycles. The van der Waals surface area contributed by atoms with Crippen molar-refractivity contribution in [3.8, 4) is 28.7 Å². The third-order valence-corrected chi connectivity index (χ3v) is 6.09. The molecule has 39 heavy (non-hydrogen) atoms. The molecule has 200 valence electrons. The van der Waals surface area contributed by atoms with E-state index < -0.39 is 17.9 Å². The van der Waals surface area contributed by atoms with Crippen molar-refractivity contribution in [1.29, 1.82) is 0 Å². The summed E-state index contributed by atoms with van der Waals surface area (Å²) in [5.41, 5.74) is 1.61. The molecule has 0 heterocycles. The van der Waals surface area contributed by atoms with Gasteiger partial charge in [0.15, 0.2) is 0 Å². The molecular weight excluding hydrogens is 516 g/mol. The van der Waals surface area contributed by atoms with Crippen LogP contribution in [0.15, 0.2) is 107 Å². The maximum absolute atomic E-state index is 12.1. The van der Waals surface area contributed by atoms with Crippen molar-refractivity contribution in [2.24, 2.45) is 0 Å².